The van der Waals surface area contributed by atoms with Gasteiger partial charge < -0.3 is 15.3 Å². The summed E-state index contributed by atoms with van der Waals surface area (Å²) in [6, 6.07) is 5.58. The average Bonchev–Trinajstić information content (AvgIpc) is 2.48. The number of aromatic nitrogens is 1. The number of amides is 1. The van der Waals surface area contributed by atoms with Crippen LogP contribution in [0.4, 0.5) is 0 Å². The number of benzene rings is 1. The minimum absolute atomic E-state index is 0.148. The van der Waals surface area contributed by atoms with E-state index < -0.39 is 23.2 Å². The Balaban J connectivity index is 2.08. The molecule has 1 heterocycles. The largest absolute Gasteiger partial charge is 0.504 e. The van der Waals surface area contributed by atoms with Crippen LogP contribution in [0.3, 0.4) is 0 Å². The lowest BCUT2D eigenvalue weighted by molar-refractivity contribution is 0.0955. The van der Waals surface area contributed by atoms with Gasteiger partial charge >= 0.3 is 0 Å². The van der Waals surface area contributed by atoms with Gasteiger partial charge in [-0.2, -0.15) is 5.10 Å². The van der Waals surface area contributed by atoms with Crippen molar-refractivity contribution in [2.45, 2.75) is 0 Å². The van der Waals surface area contributed by atoms with Crippen molar-refractivity contribution in [2.75, 3.05) is 0 Å². The molecule has 0 saturated heterocycles. The van der Waals surface area contributed by atoms with Gasteiger partial charge in [0.1, 0.15) is 0 Å². The third kappa shape index (κ3) is 2.83. The van der Waals surface area contributed by atoms with Gasteiger partial charge in [0.25, 0.3) is 5.91 Å². The lowest BCUT2D eigenvalue weighted by Crippen LogP contribution is -2.17. The van der Waals surface area contributed by atoms with Crippen LogP contribution in [0.2, 0.25) is 0 Å². The summed E-state index contributed by atoms with van der Waals surface area (Å²) in [6.07, 6.45) is 4.10. The fourth-order valence-electron chi connectivity index (χ4n) is 1.42. The quantitative estimate of drug-likeness (QED) is 0.378. The molecule has 0 saturated carbocycles. The Morgan fingerprint density at radius 1 is 1.10 bits per heavy atom. The van der Waals surface area contributed by atoms with E-state index in [1.807, 2.05) is 0 Å². The second kappa shape index (κ2) is 5.70. The highest BCUT2D eigenvalue weighted by Crippen LogP contribution is 2.36. The molecule has 0 spiro atoms. The second-order valence-electron chi connectivity index (χ2n) is 3.81. The fourth-order valence-corrected chi connectivity index (χ4v) is 1.42. The molecule has 2 rings (SSSR count). The number of carbonyl (C=O) groups is 1. The zero-order chi connectivity index (χ0) is 14.5. The van der Waals surface area contributed by atoms with Crippen LogP contribution >= 0.6 is 0 Å². The van der Waals surface area contributed by atoms with Crippen LogP contribution in [0.1, 0.15) is 15.9 Å². The smallest absolute Gasteiger partial charge is 0.271 e. The van der Waals surface area contributed by atoms with Gasteiger partial charge in [-0.15, -0.1) is 0 Å². The van der Waals surface area contributed by atoms with Gasteiger partial charge in [-0.25, -0.2) is 5.43 Å². The Bertz CT molecular complexity index is 656. The molecule has 0 aliphatic carbocycles. The minimum Gasteiger partial charge on any atom is -0.504 e. The van der Waals surface area contributed by atoms with Crippen LogP contribution in [-0.4, -0.2) is 32.4 Å². The summed E-state index contributed by atoms with van der Waals surface area (Å²) in [6.45, 7) is 0. The van der Waals surface area contributed by atoms with Crippen molar-refractivity contribution in [1.82, 2.24) is 10.4 Å². The standard InChI is InChI=1S/C13H11N3O4/c17-10-2-1-9(11(18)12(10)19)7-15-16-13(20)8-3-5-14-6-4-8/h1-7,17-19H,(H,16,20)/b15-7-. The second-order valence-corrected chi connectivity index (χ2v) is 3.81. The molecule has 0 atom stereocenters. The van der Waals surface area contributed by atoms with Gasteiger partial charge in [-0.05, 0) is 24.3 Å². The number of hydrazone groups is 1. The summed E-state index contributed by atoms with van der Waals surface area (Å²) >= 11 is 0. The number of phenols is 3. The molecule has 0 radical (unpaired) electrons. The first-order valence-corrected chi connectivity index (χ1v) is 5.57. The monoisotopic (exact) mass is 273 g/mol. The fraction of sp³-hybridized carbons (Fsp3) is 0. The first-order valence-electron chi connectivity index (χ1n) is 5.57. The first-order chi connectivity index (χ1) is 9.59. The van der Waals surface area contributed by atoms with Gasteiger partial charge in [0, 0.05) is 23.5 Å². The van der Waals surface area contributed by atoms with Gasteiger partial charge in [0.2, 0.25) is 5.75 Å². The van der Waals surface area contributed by atoms with Gasteiger partial charge in [0.05, 0.1) is 6.21 Å². The molecule has 7 heteroatoms. The van der Waals surface area contributed by atoms with E-state index in [0.29, 0.717) is 5.56 Å². The Morgan fingerprint density at radius 2 is 1.80 bits per heavy atom. The summed E-state index contributed by atoms with van der Waals surface area (Å²) in [5.41, 5.74) is 2.79. The Morgan fingerprint density at radius 3 is 2.50 bits per heavy atom. The molecular formula is C13H11N3O4. The van der Waals surface area contributed by atoms with E-state index in [9.17, 15) is 15.0 Å². The Hall–Kier alpha value is -3.09. The van der Waals surface area contributed by atoms with Gasteiger partial charge in [-0.3, -0.25) is 9.78 Å². The Kier molecular flexibility index (Phi) is 3.80. The number of aromatic hydroxyl groups is 3. The normalized spacial score (nSPS) is 10.6. The number of phenolic OH excluding ortho intramolecular Hbond substituents is 3. The molecule has 4 N–H and O–H groups in total. The first kappa shape index (κ1) is 13.3. The van der Waals surface area contributed by atoms with E-state index in [2.05, 4.69) is 15.5 Å². The van der Waals surface area contributed by atoms with Crippen molar-refractivity contribution >= 4 is 12.1 Å². The van der Waals surface area contributed by atoms with Crippen molar-refractivity contribution in [3.8, 4) is 17.2 Å². The van der Waals surface area contributed by atoms with Crippen molar-refractivity contribution in [3.63, 3.8) is 0 Å². The maximum atomic E-state index is 11.6. The van der Waals surface area contributed by atoms with Crippen molar-refractivity contribution < 1.29 is 20.1 Å². The molecule has 2 aromatic rings. The number of pyridine rings is 1. The minimum atomic E-state index is -0.644. The van der Waals surface area contributed by atoms with Crippen LogP contribution in [-0.2, 0) is 0 Å². The molecule has 0 unspecified atom stereocenters. The number of rotatable bonds is 3. The van der Waals surface area contributed by atoms with Crippen molar-refractivity contribution in [3.05, 3.63) is 47.8 Å². The van der Waals surface area contributed by atoms with E-state index in [1.54, 1.807) is 0 Å². The van der Waals surface area contributed by atoms with Crippen LogP contribution in [0.25, 0.3) is 0 Å². The lowest BCUT2D eigenvalue weighted by atomic mass is 10.2. The highest BCUT2D eigenvalue weighted by atomic mass is 16.3. The van der Waals surface area contributed by atoms with Crippen LogP contribution in [0, 0.1) is 0 Å². The molecule has 0 aliphatic rings. The van der Waals surface area contributed by atoms with Crippen LogP contribution in [0.15, 0.2) is 41.8 Å². The van der Waals surface area contributed by atoms with E-state index in [0.717, 1.165) is 6.21 Å². The van der Waals surface area contributed by atoms with Crippen LogP contribution < -0.4 is 5.43 Å². The highest BCUT2D eigenvalue weighted by Gasteiger charge is 2.09. The number of nitrogens with one attached hydrogen (secondary N) is 1. The van der Waals surface area contributed by atoms with Crippen LogP contribution in [0.5, 0.6) is 17.2 Å². The Labute approximate surface area is 113 Å². The lowest BCUT2D eigenvalue weighted by Gasteiger charge is -2.03. The number of hydrogen-bond donors (Lipinski definition) is 4. The average molecular weight is 273 g/mol. The maximum absolute atomic E-state index is 11.6. The molecular weight excluding hydrogens is 262 g/mol. The van der Waals surface area contributed by atoms with Crippen molar-refractivity contribution in [2.24, 2.45) is 5.10 Å². The number of carbonyl (C=O) groups excluding carboxylic acids is 1. The molecule has 1 aromatic carbocycles. The number of hydrogen-bond acceptors (Lipinski definition) is 6. The molecule has 102 valence electrons. The van der Waals surface area contributed by atoms with Gasteiger partial charge in [0.15, 0.2) is 11.5 Å². The van der Waals surface area contributed by atoms with E-state index >= 15 is 0 Å². The third-order valence-electron chi connectivity index (χ3n) is 2.47. The summed E-state index contributed by atoms with van der Waals surface area (Å²) in [5.74, 6) is -2.05. The van der Waals surface area contributed by atoms with Gasteiger partial charge in [-0.1, -0.05) is 0 Å². The topological polar surface area (TPSA) is 115 Å². The van der Waals surface area contributed by atoms with E-state index in [4.69, 9.17) is 5.11 Å². The summed E-state index contributed by atoms with van der Waals surface area (Å²) in [7, 11) is 0. The zero-order valence-electron chi connectivity index (χ0n) is 10.2. The molecule has 20 heavy (non-hydrogen) atoms. The number of nitrogens with zero attached hydrogens (tertiary/aromatic N) is 2. The molecule has 1 amide bonds. The summed E-state index contributed by atoms with van der Waals surface area (Å²) < 4.78 is 0. The molecule has 1 aromatic heterocycles. The molecule has 0 bridgehead atoms. The summed E-state index contributed by atoms with van der Waals surface area (Å²) in [4.78, 5) is 15.4. The molecule has 0 fully saturated rings. The predicted octanol–water partition coefficient (Wildman–Crippen LogP) is 0.962. The van der Waals surface area contributed by atoms with E-state index in [1.165, 1.54) is 36.7 Å². The van der Waals surface area contributed by atoms with Crippen molar-refractivity contribution in [1.29, 1.82) is 0 Å². The third-order valence-corrected chi connectivity index (χ3v) is 2.47. The molecule has 0 aliphatic heterocycles. The zero-order valence-corrected chi connectivity index (χ0v) is 10.2. The summed E-state index contributed by atoms with van der Waals surface area (Å²) in [5, 5.41) is 31.7. The predicted molar refractivity (Wildman–Crippen MR) is 70.7 cm³/mol. The molecule has 7 nitrogen and oxygen atoms in total. The highest BCUT2D eigenvalue weighted by molar-refractivity contribution is 5.95. The van der Waals surface area contributed by atoms with E-state index in [-0.39, 0.29) is 5.56 Å². The SMILES string of the molecule is O=C(N/N=C\c1ccc(O)c(O)c1O)c1ccncc1. The maximum Gasteiger partial charge on any atom is 0.271 e.